The van der Waals surface area contributed by atoms with E-state index in [1.165, 1.54) is 0 Å². The first kappa shape index (κ1) is 19.6. The third-order valence-corrected chi connectivity index (χ3v) is 4.70. The molecule has 6 heteroatoms. The summed E-state index contributed by atoms with van der Waals surface area (Å²) in [6.45, 7) is 3.89. The lowest BCUT2D eigenvalue weighted by Gasteiger charge is -2.30. The first-order valence-corrected chi connectivity index (χ1v) is 9.35. The van der Waals surface area contributed by atoms with Crippen LogP contribution in [-0.2, 0) is 25.6 Å². The van der Waals surface area contributed by atoms with Crippen molar-refractivity contribution < 1.29 is 23.9 Å². The molecule has 1 amide bonds. The van der Waals surface area contributed by atoms with E-state index in [-0.39, 0.29) is 25.7 Å². The second kappa shape index (κ2) is 8.69. The molecule has 0 saturated heterocycles. The molecule has 0 aromatic heterocycles. The first-order valence-electron chi connectivity index (χ1n) is 9.35. The molecule has 2 aromatic rings. The number of nitrogens with zero attached hydrogens (tertiary/aromatic N) is 1. The zero-order valence-electron chi connectivity index (χ0n) is 16.0. The number of fused-ring (bicyclic) bond motifs is 1. The molecule has 0 N–H and O–H groups in total. The molecule has 0 spiro atoms. The topological polar surface area (TPSA) is 72.9 Å². The van der Waals surface area contributed by atoms with Gasteiger partial charge in [0.15, 0.2) is 5.92 Å². The fourth-order valence-corrected chi connectivity index (χ4v) is 3.53. The van der Waals surface area contributed by atoms with E-state index < -0.39 is 23.9 Å². The van der Waals surface area contributed by atoms with Gasteiger partial charge in [-0.3, -0.25) is 14.4 Å². The molecule has 1 aliphatic heterocycles. The lowest BCUT2D eigenvalue weighted by Crippen LogP contribution is -2.40. The van der Waals surface area contributed by atoms with Crippen LogP contribution < -0.4 is 0 Å². The van der Waals surface area contributed by atoms with E-state index >= 15 is 0 Å². The molecule has 0 aliphatic carbocycles. The van der Waals surface area contributed by atoms with Gasteiger partial charge in [-0.1, -0.05) is 48.5 Å². The maximum Gasteiger partial charge on any atom is 0.322 e. The SMILES string of the molecule is CCOC(=O)C(C(=O)OCC)C1c2ccccc2C(=O)N1Cc1ccccc1. The number of benzene rings is 2. The van der Waals surface area contributed by atoms with Gasteiger partial charge < -0.3 is 14.4 Å². The van der Waals surface area contributed by atoms with Crippen molar-refractivity contribution in [2.24, 2.45) is 5.92 Å². The Kier molecular flexibility index (Phi) is 6.09. The van der Waals surface area contributed by atoms with Crippen molar-refractivity contribution in [3.8, 4) is 0 Å². The predicted molar refractivity (Wildman–Crippen MR) is 102 cm³/mol. The summed E-state index contributed by atoms with van der Waals surface area (Å²) < 4.78 is 10.3. The van der Waals surface area contributed by atoms with Crippen LogP contribution in [0.4, 0.5) is 0 Å². The van der Waals surface area contributed by atoms with Gasteiger partial charge in [-0.15, -0.1) is 0 Å². The Morgan fingerprint density at radius 2 is 1.50 bits per heavy atom. The summed E-state index contributed by atoms with van der Waals surface area (Å²) in [6.07, 6.45) is 0. The largest absolute Gasteiger partial charge is 0.465 e. The highest BCUT2D eigenvalue weighted by molar-refractivity contribution is 6.03. The summed E-state index contributed by atoms with van der Waals surface area (Å²) in [5.41, 5.74) is 2.02. The molecule has 0 radical (unpaired) electrons. The highest BCUT2D eigenvalue weighted by atomic mass is 16.6. The Labute approximate surface area is 164 Å². The third kappa shape index (κ3) is 3.76. The molecule has 1 atom stereocenters. The average molecular weight is 381 g/mol. The average Bonchev–Trinajstić information content (AvgIpc) is 2.96. The summed E-state index contributed by atoms with van der Waals surface area (Å²) in [6, 6.07) is 15.7. The van der Waals surface area contributed by atoms with Crippen LogP contribution >= 0.6 is 0 Å². The Bertz CT molecular complexity index is 846. The molecule has 3 rings (SSSR count). The number of hydrogen-bond donors (Lipinski definition) is 0. The van der Waals surface area contributed by atoms with Gasteiger partial charge in [-0.05, 0) is 31.0 Å². The van der Waals surface area contributed by atoms with Crippen molar-refractivity contribution in [3.63, 3.8) is 0 Å². The van der Waals surface area contributed by atoms with Crippen molar-refractivity contribution >= 4 is 17.8 Å². The molecule has 0 bridgehead atoms. The third-order valence-electron chi connectivity index (χ3n) is 4.70. The molecule has 2 aromatic carbocycles. The molecule has 6 nitrogen and oxygen atoms in total. The number of rotatable bonds is 7. The van der Waals surface area contributed by atoms with Gasteiger partial charge in [0.25, 0.3) is 5.91 Å². The maximum absolute atomic E-state index is 13.1. The van der Waals surface area contributed by atoms with E-state index in [0.29, 0.717) is 11.1 Å². The van der Waals surface area contributed by atoms with Crippen molar-refractivity contribution in [2.75, 3.05) is 13.2 Å². The Hall–Kier alpha value is -3.15. The zero-order chi connectivity index (χ0) is 20.1. The van der Waals surface area contributed by atoms with Crippen molar-refractivity contribution in [3.05, 3.63) is 71.3 Å². The number of amides is 1. The highest BCUT2D eigenvalue weighted by Gasteiger charge is 2.48. The number of hydrogen-bond acceptors (Lipinski definition) is 5. The second-order valence-corrected chi connectivity index (χ2v) is 6.43. The molecule has 1 aliphatic rings. The quantitative estimate of drug-likeness (QED) is 0.544. The van der Waals surface area contributed by atoms with E-state index in [0.717, 1.165) is 5.56 Å². The Morgan fingerprint density at radius 3 is 2.11 bits per heavy atom. The molecular weight excluding hydrogens is 358 g/mol. The van der Waals surface area contributed by atoms with Gasteiger partial charge in [-0.25, -0.2) is 0 Å². The molecule has 28 heavy (non-hydrogen) atoms. The highest BCUT2D eigenvalue weighted by Crippen LogP contribution is 2.40. The van der Waals surface area contributed by atoms with Crippen molar-refractivity contribution in [2.45, 2.75) is 26.4 Å². The van der Waals surface area contributed by atoms with Crippen LogP contribution in [0.15, 0.2) is 54.6 Å². The molecule has 0 saturated carbocycles. The lowest BCUT2D eigenvalue weighted by molar-refractivity contribution is -0.164. The Balaban J connectivity index is 2.06. The minimum Gasteiger partial charge on any atom is -0.465 e. The number of carbonyl (C=O) groups excluding carboxylic acids is 3. The van der Waals surface area contributed by atoms with Gasteiger partial charge in [-0.2, -0.15) is 0 Å². The van der Waals surface area contributed by atoms with Crippen LogP contribution in [0.3, 0.4) is 0 Å². The molecule has 1 unspecified atom stereocenters. The normalized spacial score (nSPS) is 15.5. The van der Waals surface area contributed by atoms with Gasteiger partial charge >= 0.3 is 11.9 Å². The monoisotopic (exact) mass is 381 g/mol. The van der Waals surface area contributed by atoms with E-state index in [2.05, 4.69) is 0 Å². The lowest BCUT2D eigenvalue weighted by atomic mass is 9.92. The molecule has 1 heterocycles. The number of ether oxygens (including phenoxy) is 2. The van der Waals surface area contributed by atoms with Crippen molar-refractivity contribution in [1.82, 2.24) is 4.90 Å². The summed E-state index contributed by atoms with van der Waals surface area (Å²) >= 11 is 0. The summed E-state index contributed by atoms with van der Waals surface area (Å²) in [5.74, 6) is -2.83. The van der Waals surface area contributed by atoms with Crippen LogP contribution in [-0.4, -0.2) is 36.0 Å². The van der Waals surface area contributed by atoms with Gasteiger partial charge in [0.1, 0.15) is 0 Å². The minimum absolute atomic E-state index is 0.135. The van der Waals surface area contributed by atoms with E-state index in [4.69, 9.17) is 9.47 Å². The first-order chi connectivity index (χ1) is 13.6. The predicted octanol–water partition coefficient (Wildman–Crippen LogP) is 3.13. The van der Waals surface area contributed by atoms with Crippen LogP contribution in [0.25, 0.3) is 0 Å². The molecular formula is C22H23NO5. The Morgan fingerprint density at radius 1 is 0.929 bits per heavy atom. The maximum atomic E-state index is 13.1. The van der Waals surface area contributed by atoms with Crippen molar-refractivity contribution in [1.29, 1.82) is 0 Å². The van der Waals surface area contributed by atoms with Gasteiger partial charge in [0.2, 0.25) is 0 Å². The fraction of sp³-hybridized carbons (Fsp3) is 0.318. The zero-order valence-corrected chi connectivity index (χ0v) is 16.0. The number of esters is 2. The van der Waals surface area contributed by atoms with Crippen LogP contribution in [0, 0.1) is 5.92 Å². The van der Waals surface area contributed by atoms with Crippen LogP contribution in [0.5, 0.6) is 0 Å². The molecule has 0 fully saturated rings. The van der Waals surface area contributed by atoms with Crippen LogP contribution in [0.2, 0.25) is 0 Å². The van der Waals surface area contributed by atoms with Gasteiger partial charge in [0.05, 0.1) is 19.3 Å². The van der Waals surface area contributed by atoms with Gasteiger partial charge in [0, 0.05) is 12.1 Å². The summed E-state index contributed by atoms with van der Waals surface area (Å²) in [5, 5.41) is 0. The number of carbonyl (C=O) groups is 3. The summed E-state index contributed by atoms with van der Waals surface area (Å²) in [7, 11) is 0. The van der Waals surface area contributed by atoms with E-state index in [9.17, 15) is 14.4 Å². The van der Waals surface area contributed by atoms with Crippen LogP contribution in [0.1, 0.15) is 41.4 Å². The minimum atomic E-state index is -1.24. The van der Waals surface area contributed by atoms with E-state index in [1.54, 1.807) is 43.0 Å². The van der Waals surface area contributed by atoms with E-state index in [1.807, 2.05) is 30.3 Å². The standard InChI is InChI=1S/C22H23NO5/c1-3-27-21(25)18(22(26)28-4-2)19-16-12-8-9-13-17(16)20(24)23(19)14-15-10-6-5-7-11-15/h5-13,18-19H,3-4,14H2,1-2H3. The summed E-state index contributed by atoms with van der Waals surface area (Å²) in [4.78, 5) is 40.1. The molecule has 146 valence electrons. The smallest absolute Gasteiger partial charge is 0.322 e. The fourth-order valence-electron chi connectivity index (χ4n) is 3.53. The second-order valence-electron chi connectivity index (χ2n) is 6.43.